The van der Waals surface area contributed by atoms with Crippen LogP contribution in [0.5, 0.6) is 0 Å². The molecule has 0 heterocycles. The lowest BCUT2D eigenvalue weighted by Crippen LogP contribution is -2.11. The van der Waals surface area contributed by atoms with Crippen LogP contribution in [0.25, 0.3) is 0 Å². The molecule has 4 atom stereocenters. The largest absolute Gasteiger partial charge is 0.392 e. The highest BCUT2D eigenvalue weighted by Gasteiger charge is 2.23. The average molecular weight is 541 g/mol. The Morgan fingerprint density at radius 1 is 0.415 bits per heavy atom. The number of hydrogen-bond donors (Lipinski definition) is 1. The summed E-state index contributed by atoms with van der Waals surface area (Å²) in [5, 5.41) is 10.7. The molecule has 5 aromatic rings. The maximum absolute atomic E-state index is 10.7. The summed E-state index contributed by atoms with van der Waals surface area (Å²) >= 11 is 0. The molecular formula is C40H44O. The average Bonchev–Trinajstić information content (AvgIpc) is 3.04. The normalized spacial score (nSPS) is 14.0. The molecule has 0 fully saturated rings. The zero-order valence-electron chi connectivity index (χ0n) is 24.1. The number of benzene rings is 5. The first kappa shape index (κ1) is 30.0. The van der Waals surface area contributed by atoms with Crippen molar-refractivity contribution in [1.82, 2.24) is 0 Å². The van der Waals surface area contributed by atoms with E-state index >= 15 is 0 Å². The highest BCUT2D eigenvalue weighted by Crippen LogP contribution is 2.38. The summed E-state index contributed by atoms with van der Waals surface area (Å²) in [6.07, 6.45) is 0. The van der Waals surface area contributed by atoms with Crippen LogP contribution in [0.2, 0.25) is 0 Å². The predicted molar refractivity (Wildman–Crippen MR) is 175 cm³/mol. The minimum atomic E-state index is 0. The SMILES string of the molecule is C.CC(c1ccccc1)c1ccc(C(C)c2cc(C(C)c3ccccc3)c(CO)c(C(C)c3ccccc3)c2)cc1. The second-order valence-corrected chi connectivity index (χ2v) is 11.1. The Labute approximate surface area is 247 Å². The predicted octanol–water partition coefficient (Wildman–Crippen LogP) is 10.4. The molecule has 41 heavy (non-hydrogen) atoms. The van der Waals surface area contributed by atoms with Gasteiger partial charge in [0.05, 0.1) is 6.61 Å². The molecule has 0 aliphatic heterocycles. The minimum Gasteiger partial charge on any atom is -0.392 e. The van der Waals surface area contributed by atoms with Gasteiger partial charge in [-0.15, -0.1) is 0 Å². The van der Waals surface area contributed by atoms with Crippen molar-refractivity contribution in [3.63, 3.8) is 0 Å². The van der Waals surface area contributed by atoms with Gasteiger partial charge in [-0.3, -0.25) is 0 Å². The van der Waals surface area contributed by atoms with Gasteiger partial charge < -0.3 is 5.11 Å². The molecule has 5 aromatic carbocycles. The third-order valence-corrected chi connectivity index (χ3v) is 8.77. The van der Waals surface area contributed by atoms with Crippen molar-refractivity contribution in [2.24, 2.45) is 0 Å². The van der Waals surface area contributed by atoms with Crippen molar-refractivity contribution in [2.45, 2.75) is 65.4 Å². The summed E-state index contributed by atoms with van der Waals surface area (Å²) in [6.45, 7) is 9.12. The van der Waals surface area contributed by atoms with Gasteiger partial charge in [-0.2, -0.15) is 0 Å². The lowest BCUT2D eigenvalue weighted by molar-refractivity contribution is 0.278. The molecule has 1 nitrogen and oxygen atoms in total. The molecule has 0 bridgehead atoms. The number of aliphatic hydroxyl groups excluding tert-OH is 1. The molecule has 0 saturated heterocycles. The Bertz CT molecular complexity index is 1440. The number of aliphatic hydroxyl groups is 1. The third kappa shape index (κ3) is 6.53. The van der Waals surface area contributed by atoms with Gasteiger partial charge in [-0.1, -0.05) is 163 Å². The molecule has 5 rings (SSSR count). The van der Waals surface area contributed by atoms with Crippen LogP contribution in [0.1, 0.15) is 109 Å². The summed E-state index contributed by atoms with van der Waals surface area (Å²) in [7, 11) is 0. The Balaban J connectivity index is 0.00000387. The summed E-state index contributed by atoms with van der Waals surface area (Å²) in [5.74, 6) is 0.918. The van der Waals surface area contributed by atoms with E-state index in [0.29, 0.717) is 5.92 Å². The Hall–Kier alpha value is -3.94. The smallest absolute Gasteiger partial charge is 0.0687 e. The first-order valence-electron chi connectivity index (χ1n) is 14.5. The van der Waals surface area contributed by atoms with Gasteiger partial charge >= 0.3 is 0 Å². The van der Waals surface area contributed by atoms with Gasteiger partial charge in [0.2, 0.25) is 0 Å². The van der Waals surface area contributed by atoms with Crippen molar-refractivity contribution >= 4 is 0 Å². The molecule has 0 spiro atoms. The summed E-state index contributed by atoms with van der Waals surface area (Å²) < 4.78 is 0. The van der Waals surface area contributed by atoms with Crippen LogP contribution in [0, 0.1) is 0 Å². The fourth-order valence-corrected chi connectivity index (χ4v) is 5.99. The molecule has 4 unspecified atom stereocenters. The van der Waals surface area contributed by atoms with Crippen LogP contribution in [0.3, 0.4) is 0 Å². The van der Waals surface area contributed by atoms with E-state index in [1.807, 2.05) is 0 Å². The lowest BCUT2D eigenvalue weighted by atomic mass is 9.79. The van der Waals surface area contributed by atoms with Crippen molar-refractivity contribution in [1.29, 1.82) is 0 Å². The van der Waals surface area contributed by atoms with Crippen LogP contribution in [0.15, 0.2) is 127 Å². The van der Waals surface area contributed by atoms with Crippen molar-refractivity contribution < 1.29 is 5.11 Å². The van der Waals surface area contributed by atoms with E-state index in [1.54, 1.807) is 0 Å². The molecule has 1 N–H and O–H groups in total. The first-order chi connectivity index (χ1) is 19.5. The van der Waals surface area contributed by atoms with Crippen molar-refractivity contribution in [2.75, 3.05) is 0 Å². The first-order valence-corrected chi connectivity index (χ1v) is 14.5. The molecular weight excluding hydrogens is 496 g/mol. The summed E-state index contributed by atoms with van der Waals surface area (Å²) in [5.41, 5.74) is 11.3. The fourth-order valence-electron chi connectivity index (χ4n) is 5.99. The highest BCUT2D eigenvalue weighted by molar-refractivity contribution is 5.50. The van der Waals surface area contributed by atoms with Crippen LogP contribution in [-0.4, -0.2) is 5.11 Å². The number of rotatable bonds is 9. The van der Waals surface area contributed by atoms with Crippen LogP contribution < -0.4 is 0 Å². The minimum absolute atomic E-state index is 0. The van der Waals surface area contributed by atoms with Crippen LogP contribution >= 0.6 is 0 Å². The fraction of sp³-hybridized carbons (Fsp3) is 0.250. The van der Waals surface area contributed by atoms with Gasteiger partial charge in [0.15, 0.2) is 0 Å². The van der Waals surface area contributed by atoms with Gasteiger partial charge in [-0.05, 0) is 50.1 Å². The van der Waals surface area contributed by atoms with Crippen molar-refractivity contribution in [3.8, 4) is 0 Å². The monoisotopic (exact) mass is 540 g/mol. The summed E-state index contributed by atoms with van der Waals surface area (Å²) in [6, 6.07) is 45.8. The van der Waals surface area contributed by atoms with Gasteiger partial charge in [0.1, 0.15) is 0 Å². The Morgan fingerprint density at radius 3 is 1.05 bits per heavy atom. The number of hydrogen-bond acceptors (Lipinski definition) is 1. The van der Waals surface area contributed by atoms with E-state index < -0.39 is 0 Å². The van der Waals surface area contributed by atoms with E-state index in [9.17, 15) is 5.11 Å². The highest BCUT2D eigenvalue weighted by atomic mass is 16.3. The molecule has 0 amide bonds. The third-order valence-electron chi connectivity index (χ3n) is 8.77. The Morgan fingerprint density at radius 2 is 0.707 bits per heavy atom. The van der Waals surface area contributed by atoms with Gasteiger partial charge in [-0.25, -0.2) is 0 Å². The molecule has 0 aliphatic carbocycles. The topological polar surface area (TPSA) is 20.2 Å². The maximum atomic E-state index is 10.7. The molecule has 0 saturated carbocycles. The second kappa shape index (κ2) is 13.6. The molecule has 0 radical (unpaired) electrons. The van der Waals surface area contributed by atoms with E-state index in [-0.39, 0.29) is 31.8 Å². The standard InChI is InChI=1S/C39H40O.CH4/c1-27(31-14-8-5-9-15-31)34-20-22-35(23-21-34)28(2)36-24-37(29(3)32-16-10-6-11-17-32)39(26-40)38(25-36)30(4)33-18-12-7-13-19-33;/h5-25,27-30,40H,26H2,1-4H3;1H4. The zero-order valence-corrected chi connectivity index (χ0v) is 24.1. The van der Waals surface area contributed by atoms with E-state index in [0.717, 1.165) is 5.56 Å². The Kier molecular flexibility index (Phi) is 9.97. The molecule has 0 aliphatic rings. The van der Waals surface area contributed by atoms with Gasteiger partial charge in [0, 0.05) is 23.7 Å². The molecule has 1 heteroatoms. The zero-order chi connectivity index (χ0) is 28.1. The van der Waals surface area contributed by atoms with Crippen molar-refractivity contribution in [3.05, 3.63) is 177 Å². The van der Waals surface area contributed by atoms with Crippen LogP contribution in [-0.2, 0) is 6.61 Å². The maximum Gasteiger partial charge on any atom is 0.0687 e. The van der Waals surface area contributed by atoms with E-state index in [4.69, 9.17) is 0 Å². The lowest BCUT2D eigenvalue weighted by Gasteiger charge is -2.26. The van der Waals surface area contributed by atoms with Gasteiger partial charge in [0.25, 0.3) is 0 Å². The van der Waals surface area contributed by atoms with E-state index in [2.05, 4.69) is 155 Å². The quantitative estimate of drug-likeness (QED) is 0.197. The second-order valence-electron chi connectivity index (χ2n) is 11.1. The van der Waals surface area contributed by atoms with Crippen LogP contribution in [0.4, 0.5) is 0 Å². The van der Waals surface area contributed by atoms with E-state index in [1.165, 1.54) is 44.5 Å². The molecule has 210 valence electrons. The summed E-state index contributed by atoms with van der Waals surface area (Å²) in [4.78, 5) is 0. The molecule has 0 aromatic heterocycles.